The molecule has 76 valence electrons. The molecule has 1 N–H and O–H groups in total. The van der Waals surface area contributed by atoms with E-state index in [9.17, 15) is 4.39 Å². The smallest absolute Gasteiger partial charge is 0.130 e. The van der Waals surface area contributed by atoms with Crippen molar-refractivity contribution in [1.82, 2.24) is 4.98 Å². The Bertz CT molecular complexity index is 396. The summed E-state index contributed by atoms with van der Waals surface area (Å²) in [6, 6.07) is 9.56. The monoisotopic (exact) mass is 222 g/mol. The highest BCUT2D eigenvalue weighted by Gasteiger charge is 1.96. The maximum Gasteiger partial charge on any atom is 0.130 e. The third-order valence-electron chi connectivity index (χ3n) is 1.84. The third-order valence-corrected chi connectivity index (χ3v) is 2.07. The summed E-state index contributed by atoms with van der Waals surface area (Å²) in [6.07, 6.45) is 1.55. The summed E-state index contributed by atoms with van der Waals surface area (Å²) in [7, 11) is 0. The number of halogens is 2. The van der Waals surface area contributed by atoms with Crippen molar-refractivity contribution in [2.75, 3.05) is 5.32 Å². The Morgan fingerprint density at radius 2 is 1.80 bits per heavy atom. The van der Waals surface area contributed by atoms with Crippen LogP contribution in [0.15, 0.2) is 42.6 Å². The molecule has 0 amide bonds. The maximum atomic E-state index is 12.6. The Labute approximate surface area is 91.7 Å². The van der Waals surface area contributed by atoms with Crippen molar-refractivity contribution in [3.05, 3.63) is 53.4 Å². The van der Waals surface area contributed by atoms with Crippen molar-refractivity contribution in [1.29, 1.82) is 0 Å². The number of benzene rings is 1. The Morgan fingerprint density at radius 1 is 1.07 bits per heavy atom. The van der Waals surface area contributed by atoms with Gasteiger partial charge in [-0.25, -0.2) is 9.37 Å². The normalized spacial score (nSPS) is 10.0. The van der Waals surface area contributed by atoms with Crippen LogP contribution in [0.2, 0.25) is 5.02 Å². The van der Waals surface area contributed by atoms with Gasteiger partial charge in [0, 0.05) is 11.9 Å². The largest absolute Gasteiger partial charge is 0.340 e. The van der Waals surface area contributed by atoms with Gasteiger partial charge in [0.2, 0.25) is 0 Å². The van der Waals surface area contributed by atoms with E-state index in [1.807, 2.05) is 0 Å². The van der Waals surface area contributed by atoms with Crippen LogP contribution in [-0.4, -0.2) is 4.98 Å². The highest BCUT2D eigenvalue weighted by Crippen LogP contribution is 2.16. The molecule has 15 heavy (non-hydrogen) atoms. The molecule has 0 atom stereocenters. The van der Waals surface area contributed by atoms with Crippen molar-refractivity contribution in [3.63, 3.8) is 0 Å². The highest BCUT2D eigenvalue weighted by atomic mass is 35.5. The summed E-state index contributed by atoms with van der Waals surface area (Å²) in [5.74, 6) is 0.413. The lowest BCUT2D eigenvalue weighted by Crippen LogP contribution is -1.92. The molecule has 0 saturated heterocycles. The van der Waals surface area contributed by atoms with Crippen LogP contribution in [-0.2, 0) is 0 Å². The van der Waals surface area contributed by atoms with Crippen molar-refractivity contribution < 1.29 is 4.39 Å². The van der Waals surface area contributed by atoms with E-state index in [1.165, 1.54) is 12.1 Å². The second kappa shape index (κ2) is 4.28. The lowest BCUT2D eigenvalue weighted by atomic mass is 10.3. The van der Waals surface area contributed by atoms with Gasteiger partial charge in [-0.2, -0.15) is 0 Å². The van der Waals surface area contributed by atoms with Crippen LogP contribution in [0.5, 0.6) is 0 Å². The van der Waals surface area contributed by atoms with Crippen LogP contribution >= 0.6 is 11.6 Å². The minimum absolute atomic E-state index is 0.260. The van der Waals surface area contributed by atoms with Crippen molar-refractivity contribution in [3.8, 4) is 0 Å². The number of rotatable bonds is 2. The molecule has 1 aromatic heterocycles. The molecule has 0 spiro atoms. The quantitative estimate of drug-likeness (QED) is 0.840. The average molecular weight is 223 g/mol. The van der Waals surface area contributed by atoms with Crippen LogP contribution in [0, 0.1) is 5.82 Å². The molecule has 4 heteroatoms. The fourth-order valence-electron chi connectivity index (χ4n) is 1.13. The molecule has 0 radical (unpaired) electrons. The van der Waals surface area contributed by atoms with Crippen LogP contribution in [0.4, 0.5) is 15.9 Å². The molecule has 0 unspecified atom stereocenters. The molecule has 1 aromatic carbocycles. The number of aromatic nitrogens is 1. The zero-order valence-electron chi connectivity index (χ0n) is 7.74. The first kappa shape index (κ1) is 9.93. The summed E-state index contributed by atoms with van der Waals surface area (Å²) in [6.45, 7) is 0. The lowest BCUT2D eigenvalue weighted by molar-refractivity contribution is 0.628. The number of hydrogen-bond donors (Lipinski definition) is 1. The number of pyridine rings is 1. The summed E-state index contributed by atoms with van der Waals surface area (Å²) >= 11 is 5.70. The first-order valence-electron chi connectivity index (χ1n) is 4.38. The molecular weight excluding hydrogens is 215 g/mol. The SMILES string of the molecule is Fc1ccc(Nc2ccc(Cl)cn2)cc1. The first-order valence-corrected chi connectivity index (χ1v) is 4.76. The van der Waals surface area contributed by atoms with Gasteiger partial charge < -0.3 is 5.32 Å². The molecule has 0 aliphatic heterocycles. The van der Waals surface area contributed by atoms with E-state index < -0.39 is 0 Å². The predicted octanol–water partition coefficient (Wildman–Crippen LogP) is 3.62. The van der Waals surface area contributed by atoms with Crippen LogP contribution in [0.1, 0.15) is 0 Å². The number of nitrogens with zero attached hydrogens (tertiary/aromatic N) is 1. The van der Waals surface area contributed by atoms with Gasteiger partial charge in [0.05, 0.1) is 5.02 Å². The maximum absolute atomic E-state index is 12.6. The van der Waals surface area contributed by atoms with E-state index in [0.29, 0.717) is 10.8 Å². The topological polar surface area (TPSA) is 24.9 Å². The van der Waals surface area contributed by atoms with Gasteiger partial charge in [-0.15, -0.1) is 0 Å². The van der Waals surface area contributed by atoms with E-state index >= 15 is 0 Å². The number of anilines is 2. The van der Waals surface area contributed by atoms with Crippen molar-refractivity contribution in [2.45, 2.75) is 0 Å². The minimum atomic E-state index is -0.260. The molecule has 0 aliphatic rings. The van der Waals surface area contributed by atoms with Gasteiger partial charge in [0.25, 0.3) is 0 Å². The van der Waals surface area contributed by atoms with Crippen LogP contribution in [0.3, 0.4) is 0 Å². The van der Waals surface area contributed by atoms with E-state index in [4.69, 9.17) is 11.6 Å². The second-order valence-electron chi connectivity index (χ2n) is 2.99. The van der Waals surface area contributed by atoms with Gasteiger partial charge in [0.15, 0.2) is 0 Å². The average Bonchev–Trinajstić information content (AvgIpc) is 2.25. The standard InChI is InChI=1S/C11H8ClFN2/c12-8-1-6-11(14-7-8)15-10-4-2-9(13)3-5-10/h1-7H,(H,14,15). The van der Waals surface area contributed by atoms with E-state index in [2.05, 4.69) is 10.3 Å². The number of nitrogens with one attached hydrogen (secondary N) is 1. The minimum Gasteiger partial charge on any atom is -0.340 e. The molecule has 0 aliphatic carbocycles. The summed E-state index contributed by atoms with van der Waals surface area (Å²) in [5.41, 5.74) is 0.784. The fraction of sp³-hybridized carbons (Fsp3) is 0. The summed E-state index contributed by atoms with van der Waals surface area (Å²) < 4.78 is 12.6. The van der Waals surface area contributed by atoms with Crippen LogP contribution in [0.25, 0.3) is 0 Å². The summed E-state index contributed by atoms with van der Waals surface area (Å²) in [5, 5.41) is 3.60. The Morgan fingerprint density at radius 3 is 2.40 bits per heavy atom. The summed E-state index contributed by atoms with van der Waals surface area (Å²) in [4.78, 5) is 4.06. The Kier molecular flexibility index (Phi) is 2.83. The Hall–Kier alpha value is -1.61. The molecule has 2 rings (SSSR count). The Balaban J connectivity index is 2.15. The van der Waals surface area contributed by atoms with E-state index in [1.54, 1.807) is 30.5 Å². The molecule has 2 nitrogen and oxygen atoms in total. The predicted molar refractivity (Wildman–Crippen MR) is 58.9 cm³/mol. The molecule has 0 saturated carbocycles. The fourth-order valence-corrected chi connectivity index (χ4v) is 1.24. The second-order valence-corrected chi connectivity index (χ2v) is 3.43. The molecule has 0 bridgehead atoms. The lowest BCUT2D eigenvalue weighted by Gasteiger charge is -2.04. The van der Waals surface area contributed by atoms with Crippen LogP contribution < -0.4 is 5.32 Å². The zero-order valence-corrected chi connectivity index (χ0v) is 8.50. The van der Waals surface area contributed by atoms with E-state index in [-0.39, 0.29) is 5.82 Å². The zero-order chi connectivity index (χ0) is 10.7. The molecular formula is C11H8ClFN2. The van der Waals surface area contributed by atoms with Gasteiger partial charge in [-0.05, 0) is 36.4 Å². The van der Waals surface area contributed by atoms with Crippen molar-refractivity contribution in [2.24, 2.45) is 0 Å². The molecule has 0 fully saturated rings. The first-order chi connectivity index (χ1) is 7.24. The van der Waals surface area contributed by atoms with Gasteiger partial charge >= 0.3 is 0 Å². The van der Waals surface area contributed by atoms with E-state index in [0.717, 1.165) is 5.69 Å². The van der Waals surface area contributed by atoms with Gasteiger partial charge in [-0.3, -0.25) is 0 Å². The molecule has 1 heterocycles. The molecule has 2 aromatic rings. The highest BCUT2D eigenvalue weighted by molar-refractivity contribution is 6.30. The van der Waals surface area contributed by atoms with Gasteiger partial charge in [-0.1, -0.05) is 11.6 Å². The third kappa shape index (κ3) is 2.67. The van der Waals surface area contributed by atoms with Crippen molar-refractivity contribution >= 4 is 23.1 Å². The van der Waals surface area contributed by atoms with Gasteiger partial charge in [0.1, 0.15) is 11.6 Å². The number of hydrogen-bond acceptors (Lipinski definition) is 2.